The zero-order valence-electron chi connectivity index (χ0n) is 12.6. The van der Waals surface area contributed by atoms with E-state index in [9.17, 15) is 4.79 Å². The highest BCUT2D eigenvalue weighted by molar-refractivity contribution is 9.10. The van der Waals surface area contributed by atoms with E-state index in [2.05, 4.69) is 32.8 Å². The van der Waals surface area contributed by atoms with Crippen LogP contribution in [0.5, 0.6) is 0 Å². The predicted octanol–water partition coefficient (Wildman–Crippen LogP) is 3.05. The number of nitrogens with zero attached hydrogens (tertiary/aromatic N) is 2. The molecule has 0 bridgehead atoms. The van der Waals surface area contributed by atoms with Gasteiger partial charge in [-0.3, -0.25) is 9.69 Å². The number of rotatable bonds is 3. The number of fused-ring (bicyclic) bond motifs is 1. The Morgan fingerprint density at radius 3 is 2.76 bits per heavy atom. The molecular formula is C17H23BrN2O. The summed E-state index contributed by atoms with van der Waals surface area (Å²) in [4.78, 5) is 17.2. The Labute approximate surface area is 135 Å². The molecule has 21 heavy (non-hydrogen) atoms. The average Bonchev–Trinajstić information content (AvgIpc) is 2.48. The molecule has 1 aromatic carbocycles. The third kappa shape index (κ3) is 3.55. The highest BCUT2D eigenvalue weighted by Gasteiger charge is 2.34. The molecule has 2 atom stereocenters. The summed E-state index contributed by atoms with van der Waals surface area (Å²) in [6.07, 6.45) is 3.82. The van der Waals surface area contributed by atoms with Gasteiger partial charge in [-0.1, -0.05) is 28.1 Å². The molecule has 2 heterocycles. The molecule has 3 nitrogen and oxygen atoms in total. The van der Waals surface area contributed by atoms with Crippen molar-refractivity contribution in [3.63, 3.8) is 0 Å². The van der Waals surface area contributed by atoms with Gasteiger partial charge in [0.2, 0.25) is 0 Å². The van der Waals surface area contributed by atoms with Gasteiger partial charge in [0.15, 0.2) is 5.78 Å². The minimum Gasteiger partial charge on any atom is -0.303 e. The van der Waals surface area contributed by atoms with Gasteiger partial charge >= 0.3 is 0 Å². The molecule has 0 aliphatic carbocycles. The number of piperidine rings is 2. The van der Waals surface area contributed by atoms with Crippen molar-refractivity contribution >= 4 is 21.7 Å². The lowest BCUT2D eigenvalue weighted by Gasteiger charge is -2.45. The highest BCUT2D eigenvalue weighted by Crippen LogP contribution is 2.29. The summed E-state index contributed by atoms with van der Waals surface area (Å²) in [5, 5.41) is 0. The number of likely N-dealkylation sites (tertiary alicyclic amines) is 2. The second kappa shape index (κ2) is 6.59. The van der Waals surface area contributed by atoms with Crippen LogP contribution in [0.1, 0.15) is 29.6 Å². The molecule has 2 unspecified atom stereocenters. The van der Waals surface area contributed by atoms with Crippen molar-refractivity contribution in [2.45, 2.75) is 25.3 Å². The molecule has 2 fully saturated rings. The van der Waals surface area contributed by atoms with E-state index in [4.69, 9.17) is 0 Å². The van der Waals surface area contributed by atoms with Crippen LogP contribution in [0.2, 0.25) is 0 Å². The first-order valence-corrected chi connectivity index (χ1v) is 8.64. The molecule has 2 aliphatic heterocycles. The third-order valence-corrected chi connectivity index (χ3v) is 5.49. The topological polar surface area (TPSA) is 23.6 Å². The van der Waals surface area contributed by atoms with Crippen LogP contribution >= 0.6 is 15.9 Å². The molecule has 0 N–H and O–H groups in total. The summed E-state index contributed by atoms with van der Waals surface area (Å²) in [5.74, 6) is 0.986. The molecule has 0 saturated carbocycles. The van der Waals surface area contributed by atoms with E-state index in [1.54, 1.807) is 0 Å². The van der Waals surface area contributed by atoms with Crippen LogP contribution in [-0.4, -0.2) is 54.9 Å². The summed E-state index contributed by atoms with van der Waals surface area (Å²) in [6.45, 7) is 3.93. The highest BCUT2D eigenvalue weighted by atomic mass is 79.9. The first kappa shape index (κ1) is 15.2. The lowest BCUT2D eigenvalue weighted by atomic mass is 9.84. The standard InChI is InChI=1S/C17H23BrN2O/c1-19-9-2-3-14-11-20(10-8-16(14)19)12-17(21)13-4-6-15(18)7-5-13/h4-7,14,16H,2-3,8-12H2,1H3. The number of hydrogen-bond donors (Lipinski definition) is 0. The number of carbonyl (C=O) groups is 1. The van der Waals surface area contributed by atoms with Crippen LogP contribution in [0.25, 0.3) is 0 Å². The van der Waals surface area contributed by atoms with Gasteiger partial charge in [-0.05, 0) is 50.9 Å². The monoisotopic (exact) mass is 350 g/mol. The first-order chi connectivity index (χ1) is 10.1. The maximum Gasteiger partial charge on any atom is 0.176 e. The smallest absolute Gasteiger partial charge is 0.176 e. The Kier molecular flexibility index (Phi) is 4.77. The summed E-state index contributed by atoms with van der Waals surface area (Å²) in [5.41, 5.74) is 0.820. The summed E-state index contributed by atoms with van der Waals surface area (Å²) in [6, 6.07) is 8.43. The van der Waals surface area contributed by atoms with Crippen molar-refractivity contribution in [3.05, 3.63) is 34.3 Å². The zero-order valence-corrected chi connectivity index (χ0v) is 14.2. The number of hydrogen-bond acceptors (Lipinski definition) is 3. The molecule has 0 spiro atoms. The average molecular weight is 351 g/mol. The lowest BCUT2D eigenvalue weighted by Crippen LogP contribution is -2.53. The Morgan fingerprint density at radius 1 is 1.24 bits per heavy atom. The lowest BCUT2D eigenvalue weighted by molar-refractivity contribution is 0.0378. The number of benzene rings is 1. The van der Waals surface area contributed by atoms with Gasteiger partial charge in [-0.25, -0.2) is 0 Å². The van der Waals surface area contributed by atoms with Crippen molar-refractivity contribution in [2.75, 3.05) is 33.2 Å². The second-order valence-electron chi connectivity index (χ2n) is 6.40. The summed E-state index contributed by atoms with van der Waals surface area (Å²) in [7, 11) is 2.25. The predicted molar refractivity (Wildman–Crippen MR) is 88.7 cm³/mol. The molecule has 3 rings (SSSR count). The summed E-state index contributed by atoms with van der Waals surface area (Å²) < 4.78 is 1.02. The Morgan fingerprint density at radius 2 is 2.00 bits per heavy atom. The molecule has 4 heteroatoms. The van der Waals surface area contributed by atoms with Crippen LogP contribution in [0.4, 0.5) is 0 Å². The normalized spacial score (nSPS) is 27.3. The fourth-order valence-electron chi connectivity index (χ4n) is 3.80. The van der Waals surface area contributed by atoms with Gasteiger partial charge in [-0.2, -0.15) is 0 Å². The van der Waals surface area contributed by atoms with E-state index in [1.165, 1.54) is 25.8 Å². The van der Waals surface area contributed by atoms with Gasteiger partial charge in [-0.15, -0.1) is 0 Å². The fraction of sp³-hybridized carbons (Fsp3) is 0.588. The molecule has 0 radical (unpaired) electrons. The Hall–Kier alpha value is -0.710. The van der Waals surface area contributed by atoms with Crippen molar-refractivity contribution in [1.82, 2.24) is 9.80 Å². The second-order valence-corrected chi connectivity index (χ2v) is 7.32. The van der Waals surface area contributed by atoms with Crippen LogP contribution in [-0.2, 0) is 0 Å². The van der Waals surface area contributed by atoms with Gasteiger partial charge in [0, 0.05) is 29.2 Å². The van der Waals surface area contributed by atoms with Crippen LogP contribution in [0.3, 0.4) is 0 Å². The van der Waals surface area contributed by atoms with Gasteiger partial charge in [0.05, 0.1) is 6.54 Å². The number of Topliss-reactive ketones (excluding diaryl/α,β-unsaturated/α-hetero) is 1. The molecule has 2 saturated heterocycles. The van der Waals surface area contributed by atoms with E-state index in [0.717, 1.165) is 35.1 Å². The number of halogens is 1. The van der Waals surface area contributed by atoms with Crippen molar-refractivity contribution < 1.29 is 4.79 Å². The third-order valence-electron chi connectivity index (χ3n) is 4.96. The van der Waals surface area contributed by atoms with Gasteiger partial charge < -0.3 is 4.90 Å². The van der Waals surface area contributed by atoms with Gasteiger partial charge in [0.25, 0.3) is 0 Å². The Balaban J connectivity index is 1.59. The Bertz CT molecular complexity index is 502. The quantitative estimate of drug-likeness (QED) is 0.782. The number of carbonyl (C=O) groups excluding carboxylic acids is 1. The van der Waals surface area contributed by atoms with Crippen LogP contribution in [0.15, 0.2) is 28.7 Å². The largest absolute Gasteiger partial charge is 0.303 e. The maximum atomic E-state index is 12.4. The van der Waals surface area contributed by atoms with Crippen molar-refractivity contribution in [1.29, 1.82) is 0 Å². The van der Waals surface area contributed by atoms with Gasteiger partial charge in [0.1, 0.15) is 0 Å². The molecule has 114 valence electrons. The first-order valence-electron chi connectivity index (χ1n) is 7.85. The molecular weight excluding hydrogens is 328 g/mol. The zero-order chi connectivity index (χ0) is 14.8. The minimum absolute atomic E-state index is 0.241. The van der Waals surface area contributed by atoms with E-state index in [0.29, 0.717) is 6.54 Å². The van der Waals surface area contributed by atoms with Crippen molar-refractivity contribution in [2.24, 2.45) is 5.92 Å². The van der Waals surface area contributed by atoms with Crippen LogP contribution in [0, 0.1) is 5.92 Å². The van der Waals surface area contributed by atoms with E-state index < -0.39 is 0 Å². The SMILES string of the molecule is CN1CCCC2CN(CC(=O)c3ccc(Br)cc3)CCC21. The molecule has 0 aromatic heterocycles. The molecule has 1 aromatic rings. The molecule has 2 aliphatic rings. The fourth-order valence-corrected chi connectivity index (χ4v) is 4.07. The van der Waals surface area contributed by atoms with E-state index >= 15 is 0 Å². The van der Waals surface area contributed by atoms with E-state index in [1.807, 2.05) is 24.3 Å². The minimum atomic E-state index is 0.241. The summed E-state index contributed by atoms with van der Waals surface area (Å²) >= 11 is 3.41. The van der Waals surface area contributed by atoms with Crippen LogP contribution < -0.4 is 0 Å². The molecule has 0 amide bonds. The van der Waals surface area contributed by atoms with E-state index in [-0.39, 0.29) is 5.78 Å². The van der Waals surface area contributed by atoms with Crippen molar-refractivity contribution in [3.8, 4) is 0 Å². The maximum absolute atomic E-state index is 12.4. The number of ketones is 1.